The van der Waals surface area contributed by atoms with E-state index < -0.39 is 10.0 Å². The molecule has 0 aliphatic rings. The van der Waals surface area contributed by atoms with E-state index >= 15 is 0 Å². The summed E-state index contributed by atoms with van der Waals surface area (Å²) >= 11 is 1.21. The summed E-state index contributed by atoms with van der Waals surface area (Å²) < 4.78 is 24.7. The van der Waals surface area contributed by atoms with Crippen molar-refractivity contribution in [3.8, 4) is 27.5 Å². The molecule has 198 valence electrons. The molecule has 0 spiro atoms. The summed E-state index contributed by atoms with van der Waals surface area (Å²) in [5.41, 5.74) is 7.09. The summed E-state index contributed by atoms with van der Waals surface area (Å²) in [4.78, 5) is 18.2. The average molecular weight is 561 g/mol. The second kappa shape index (κ2) is 10.7. The molecule has 39 heavy (non-hydrogen) atoms. The first-order valence-electron chi connectivity index (χ1n) is 11.6. The standard InChI is InChI=1S/C26H24N8O3S2/c27-31-24(32-28)22-15-38-26(30-22)34-25(35)21(13-16-9-11-20(12-10-16)39(29,36)37)23(33-34)19-8-4-7-18(14-19)17-5-2-1-3-6-17/h1-12,14-15,33H,13,27-28H2,(H,31,32)(H2,29,36,37). The number of amidine groups is 1. The van der Waals surface area contributed by atoms with E-state index in [1.54, 1.807) is 17.5 Å². The molecule has 0 saturated heterocycles. The smallest absolute Gasteiger partial charge is 0.277 e. The lowest BCUT2D eigenvalue weighted by Crippen LogP contribution is -2.32. The third-order valence-corrected chi connectivity index (χ3v) is 7.82. The van der Waals surface area contributed by atoms with E-state index in [1.807, 2.05) is 54.6 Å². The number of aromatic amines is 1. The third kappa shape index (κ3) is 5.37. The first-order valence-corrected chi connectivity index (χ1v) is 14.0. The van der Waals surface area contributed by atoms with Gasteiger partial charge in [0.05, 0.1) is 10.6 Å². The predicted octanol–water partition coefficient (Wildman–Crippen LogP) is 2.28. The van der Waals surface area contributed by atoms with Gasteiger partial charge in [0.25, 0.3) is 5.56 Å². The molecule has 0 saturated carbocycles. The zero-order valence-electron chi connectivity index (χ0n) is 20.4. The fourth-order valence-corrected chi connectivity index (χ4v) is 5.43. The summed E-state index contributed by atoms with van der Waals surface area (Å²) in [6.45, 7) is 0. The van der Waals surface area contributed by atoms with Crippen LogP contribution in [-0.2, 0) is 16.4 Å². The molecule has 5 rings (SSSR count). The van der Waals surface area contributed by atoms with Gasteiger partial charge in [-0.2, -0.15) is 9.78 Å². The second-order valence-electron chi connectivity index (χ2n) is 8.56. The van der Waals surface area contributed by atoms with Gasteiger partial charge in [0.15, 0.2) is 5.84 Å². The molecule has 2 heterocycles. The van der Waals surface area contributed by atoms with Crippen molar-refractivity contribution in [2.45, 2.75) is 11.3 Å². The van der Waals surface area contributed by atoms with Crippen molar-refractivity contribution in [1.82, 2.24) is 20.2 Å². The number of thiazole rings is 1. The van der Waals surface area contributed by atoms with Crippen LogP contribution in [0.3, 0.4) is 0 Å². The fourth-order valence-electron chi connectivity index (χ4n) is 4.15. The Hall–Kier alpha value is -4.56. The molecule has 8 N–H and O–H groups in total. The lowest BCUT2D eigenvalue weighted by Gasteiger charge is -2.07. The molecule has 11 nitrogen and oxygen atoms in total. The molecule has 2 aromatic heterocycles. The van der Waals surface area contributed by atoms with E-state index in [0.29, 0.717) is 22.1 Å². The molecule has 5 aromatic rings. The van der Waals surface area contributed by atoms with Gasteiger partial charge in [-0.15, -0.1) is 11.3 Å². The van der Waals surface area contributed by atoms with Crippen molar-refractivity contribution < 1.29 is 8.42 Å². The monoisotopic (exact) mass is 560 g/mol. The van der Waals surface area contributed by atoms with Crippen LogP contribution in [0.25, 0.3) is 27.5 Å². The van der Waals surface area contributed by atoms with Crippen molar-refractivity contribution in [3.63, 3.8) is 0 Å². The van der Waals surface area contributed by atoms with E-state index in [1.165, 1.54) is 28.2 Å². The van der Waals surface area contributed by atoms with Crippen molar-refractivity contribution in [2.75, 3.05) is 0 Å². The molecule has 0 fully saturated rings. The summed E-state index contributed by atoms with van der Waals surface area (Å²) in [5, 5.41) is 14.1. The van der Waals surface area contributed by atoms with Crippen molar-refractivity contribution in [2.24, 2.45) is 21.9 Å². The number of nitrogens with one attached hydrogen (secondary N) is 2. The van der Waals surface area contributed by atoms with Gasteiger partial charge in [-0.05, 0) is 34.9 Å². The topological polar surface area (TPSA) is 187 Å². The summed E-state index contributed by atoms with van der Waals surface area (Å²) in [6.07, 6.45) is 0.232. The van der Waals surface area contributed by atoms with Crippen LogP contribution < -0.4 is 27.8 Å². The number of hydrazone groups is 1. The van der Waals surface area contributed by atoms with E-state index in [0.717, 1.165) is 22.3 Å². The first kappa shape index (κ1) is 26.1. The summed E-state index contributed by atoms with van der Waals surface area (Å²) in [6, 6.07) is 23.9. The molecule has 0 aliphatic carbocycles. The van der Waals surface area contributed by atoms with Crippen LogP contribution in [0, 0.1) is 0 Å². The molecular weight excluding hydrogens is 536 g/mol. The van der Waals surface area contributed by atoms with Crippen LogP contribution in [0.2, 0.25) is 0 Å². The molecule has 0 unspecified atom stereocenters. The number of nitrogens with zero attached hydrogens (tertiary/aromatic N) is 3. The van der Waals surface area contributed by atoms with E-state index in [4.69, 9.17) is 16.8 Å². The van der Waals surface area contributed by atoms with Gasteiger partial charge in [-0.25, -0.2) is 24.4 Å². The Kier molecular flexibility index (Phi) is 7.13. The van der Waals surface area contributed by atoms with Crippen molar-refractivity contribution in [3.05, 3.63) is 111 Å². The number of aromatic nitrogens is 3. The largest absolute Gasteiger partial charge is 0.321 e. The number of hydrogen-bond donors (Lipinski definition) is 5. The zero-order chi connectivity index (χ0) is 27.6. The Morgan fingerprint density at radius 3 is 2.36 bits per heavy atom. The summed E-state index contributed by atoms with van der Waals surface area (Å²) in [7, 11) is -3.84. The lowest BCUT2D eigenvalue weighted by molar-refractivity contribution is 0.598. The van der Waals surface area contributed by atoms with Crippen molar-refractivity contribution in [1.29, 1.82) is 0 Å². The molecular formula is C26H24N8O3S2. The van der Waals surface area contributed by atoms with E-state index in [2.05, 4.69) is 20.6 Å². The van der Waals surface area contributed by atoms with Gasteiger partial charge in [0.1, 0.15) is 5.69 Å². The summed E-state index contributed by atoms with van der Waals surface area (Å²) in [5.74, 6) is 11.0. The maximum absolute atomic E-state index is 13.8. The highest BCUT2D eigenvalue weighted by Crippen LogP contribution is 2.28. The Labute approximate surface area is 227 Å². The van der Waals surface area contributed by atoms with Gasteiger partial charge in [-0.1, -0.05) is 60.7 Å². The number of sulfonamides is 1. The van der Waals surface area contributed by atoms with Gasteiger partial charge in [0, 0.05) is 22.9 Å². The number of H-pyrrole nitrogens is 1. The molecule has 13 heteroatoms. The Balaban J connectivity index is 1.63. The minimum absolute atomic E-state index is 0.00489. The number of hydrazine groups is 1. The maximum atomic E-state index is 13.8. The minimum Gasteiger partial charge on any atom is -0.321 e. The Bertz CT molecular complexity index is 1820. The number of nitrogens with two attached hydrogens (primary N) is 3. The minimum atomic E-state index is -3.84. The van der Waals surface area contributed by atoms with Crippen LogP contribution in [0.5, 0.6) is 0 Å². The zero-order valence-corrected chi connectivity index (χ0v) is 22.0. The number of hydrogen-bond acceptors (Lipinski definition) is 8. The lowest BCUT2D eigenvalue weighted by atomic mass is 9.98. The van der Waals surface area contributed by atoms with Gasteiger partial charge in [-0.3, -0.25) is 9.89 Å². The predicted molar refractivity (Wildman–Crippen MR) is 152 cm³/mol. The Morgan fingerprint density at radius 2 is 1.69 bits per heavy atom. The highest BCUT2D eigenvalue weighted by atomic mass is 32.2. The molecule has 0 bridgehead atoms. The Morgan fingerprint density at radius 1 is 1.00 bits per heavy atom. The van der Waals surface area contributed by atoms with Gasteiger partial charge >= 0.3 is 0 Å². The maximum Gasteiger partial charge on any atom is 0.277 e. The SMILES string of the molecule is N/N=C(\NN)c1csc(-n2[nH]c(-c3cccc(-c4ccccc4)c3)c(Cc3ccc(S(N)(=O)=O)cc3)c2=O)n1. The van der Waals surface area contributed by atoms with Crippen LogP contribution in [0.4, 0.5) is 0 Å². The molecule has 3 aromatic carbocycles. The molecule has 0 radical (unpaired) electrons. The number of rotatable bonds is 7. The molecule has 0 aliphatic heterocycles. The van der Waals surface area contributed by atoms with Crippen LogP contribution in [0.1, 0.15) is 16.8 Å². The van der Waals surface area contributed by atoms with Gasteiger partial charge < -0.3 is 11.3 Å². The highest BCUT2D eigenvalue weighted by Gasteiger charge is 2.20. The number of benzene rings is 3. The van der Waals surface area contributed by atoms with Crippen LogP contribution in [-0.4, -0.2) is 29.0 Å². The van der Waals surface area contributed by atoms with Crippen molar-refractivity contribution >= 4 is 27.2 Å². The van der Waals surface area contributed by atoms with Crippen LogP contribution >= 0.6 is 11.3 Å². The first-order chi connectivity index (χ1) is 18.8. The quantitative estimate of drug-likeness (QED) is 0.0873. The van der Waals surface area contributed by atoms with E-state index in [9.17, 15) is 13.2 Å². The number of primary sulfonamides is 1. The second-order valence-corrected chi connectivity index (χ2v) is 11.0. The van der Waals surface area contributed by atoms with Gasteiger partial charge in [0.2, 0.25) is 15.2 Å². The van der Waals surface area contributed by atoms with E-state index in [-0.39, 0.29) is 22.7 Å². The molecule has 0 atom stereocenters. The highest BCUT2D eigenvalue weighted by molar-refractivity contribution is 7.89. The normalized spacial score (nSPS) is 12.0. The third-order valence-electron chi connectivity index (χ3n) is 6.07. The fraction of sp³-hybridized carbons (Fsp3) is 0.0385. The molecule has 0 amide bonds. The van der Waals surface area contributed by atoms with Crippen LogP contribution in [0.15, 0.2) is 99.0 Å². The average Bonchev–Trinajstić information content (AvgIpc) is 3.55.